The minimum atomic E-state index is -0.607. The Balaban J connectivity index is 1.18. The van der Waals surface area contributed by atoms with E-state index in [1.165, 1.54) is 34.0 Å². The molecule has 3 aliphatic rings. The fraction of sp³-hybridized carbons (Fsp3) is 0.548. The van der Waals surface area contributed by atoms with Gasteiger partial charge in [-0.3, -0.25) is 14.6 Å². The van der Waals surface area contributed by atoms with E-state index in [0.29, 0.717) is 47.4 Å². The number of carbonyl (C=O) groups is 1. The zero-order valence-electron chi connectivity index (χ0n) is 32.8. The van der Waals surface area contributed by atoms with Crippen molar-refractivity contribution in [3.8, 4) is 34.5 Å². The molecule has 6 rings (SSSR count). The van der Waals surface area contributed by atoms with Crippen LogP contribution in [0.4, 0.5) is 5.69 Å². The quantitative estimate of drug-likeness (QED) is 0.169. The highest BCUT2D eigenvalue weighted by molar-refractivity contribution is 8.00. The van der Waals surface area contributed by atoms with Crippen molar-refractivity contribution in [1.29, 1.82) is 0 Å². The van der Waals surface area contributed by atoms with Crippen LogP contribution in [-0.4, -0.2) is 107 Å². The molecule has 1 saturated heterocycles. The van der Waals surface area contributed by atoms with Crippen molar-refractivity contribution in [2.24, 2.45) is 11.8 Å². The lowest BCUT2D eigenvalue weighted by atomic mass is 9.72. The van der Waals surface area contributed by atoms with Crippen LogP contribution in [0, 0.1) is 11.8 Å². The minimum Gasteiger partial charge on any atom is -0.493 e. The van der Waals surface area contributed by atoms with Crippen molar-refractivity contribution in [2.45, 2.75) is 57.2 Å². The molecule has 3 aromatic carbocycles. The van der Waals surface area contributed by atoms with E-state index < -0.39 is 6.10 Å². The number of hydrogen-bond acceptors (Lipinski definition) is 11. The summed E-state index contributed by atoms with van der Waals surface area (Å²) in [4.78, 5) is 18.0. The SMILES string of the molecule is CCC1CN2CCc3cc(OC)c(OC)cc3C2CC1CC1c2cc(OC)c(OC)cc2CCN1CC(O)CSCC(=O)Nc1ccc(OC)c(OC)c1. The number of β-amino-alcohol motifs (C(OH)–C–C–N with tert-alkyl or cyclic N) is 1. The molecule has 3 heterocycles. The molecule has 0 spiro atoms. The molecule has 0 aliphatic carbocycles. The van der Waals surface area contributed by atoms with Crippen molar-refractivity contribution in [1.82, 2.24) is 9.80 Å². The number of nitrogens with one attached hydrogen (secondary N) is 1. The number of thioether (sulfide) groups is 1. The first-order chi connectivity index (χ1) is 26.2. The molecule has 0 aromatic heterocycles. The van der Waals surface area contributed by atoms with E-state index in [4.69, 9.17) is 28.4 Å². The van der Waals surface area contributed by atoms with Gasteiger partial charge >= 0.3 is 0 Å². The van der Waals surface area contributed by atoms with Gasteiger partial charge in [0.15, 0.2) is 34.5 Å². The molecular weight excluding hydrogens is 707 g/mol. The van der Waals surface area contributed by atoms with Crippen LogP contribution in [0.2, 0.25) is 0 Å². The van der Waals surface area contributed by atoms with Crippen LogP contribution in [0.15, 0.2) is 42.5 Å². The van der Waals surface area contributed by atoms with Crippen LogP contribution in [0.25, 0.3) is 0 Å². The molecule has 12 heteroatoms. The molecule has 0 saturated carbocycles. The van der Waals surface area contributed by atoms with Gasteiger partial charge in [0.2, 0.25) is 5.91 Å². The maximum absolute atomic E-state index is 12.8. The summed E-state index contributed by atoms with van der Waals surface area (Å²) < 4.78 is 33.6. The molecule has 1 amide bonds. The van der Waals surface area contributed by atoms with Gasteiger partial charge in [0.1, 0.15) is 0 Å². The molecular formula is C42H57N3O8S. The third-order valence-corrected chi connectivity index (χ3v) is 12.7. The van der Waals surface area contributed by atoms with E-state index in [-0.39, 0.29) is 17.7 Å². The Labute approximate surface area is 324 Å². The number of amides is 1. The van der Waals surface area contributed by atoms with Gasteiger partial charge in [-0.15, -0.1) is 11.8 Å². The summed E-state index contributed by atoms with van der Waals surface area (Å²) in [5.41, 5.74) is 5.86. The molecule has 3 aliphatic heterocycles. The van der Waals surface area contributed by atoms with Gasteiger partial charge in [0.05, 0.1) is 54.5 Å². The molecule has 294 valence electrons. The number of nitrogens with zero attached hydrogens (tertiary/aromatic N) is 2. The summed E-state index contributed by atoms with van der Waals surface area (Å²) in [6, 6.07) is 14.4. The smallest absolute Gasteiger partial charge is 0.234 e. The molecule has 2 N–H and O–H groups in total. The third-order valence-electron chi connectivity index (χ3n) is 11.6. The predicted octanol–water partition coefficient (Wildman–Crippen LogP) is 6.41. The van der Waals surface area contributed by atoms with Crippen LogP contribution in [-0.2, 0) is 17.6 Å². The number of piperidine rings is 1. The highest BCUT2D eigenvalue weighted by Crippen LogP contribution is 2.49. The first kappa shape index (κ1) is 39.8. The number of hydrogen-bond donors (Lipinski definition) is 2. The lowest BCUT2D eigenvalue weighted by Crippen LogP contribution is -2.47. The number of aliphatic hydroxyl groups is 1. The number of fused-ring (bicyclic) bond motifs is 4. The number of rotatable bonds is 16. The number of carbonyl (C=O) groups excluding carboxylic acids is 1. The largest absolute Gasteiger partial charge is 0.493 e. The Morgan fingerprint density at radius 3 is 2.04 bits per heavy atom. The van der Waals surface area contributed by atoms with E-state index >= 15 is 0 Å². The highest BCUT2D eigenvalue weighted by atomic mass is 32.2. The summed E-state index contributed by atoms with van der Waals surface area (Å²) in [7, 11) is 9.93. The van der Waals surface area contributed by atoms with Gasteiger partial charge < -0.3 is 38.8 Å². The number of ether oxygens (including phenoxy) is 6. The Bertz CT molecular complexity index is 1760. The number of aliphatic hydroxyl groups excluding tert-OH is 1. The Morgan fingerprint density at radius 2 is 1.39 bits per heavy atom. The second-order valence-electron chi connectivity index (χ2n) is 14.5. The van der Waals surface area contributed by atoms with Gasteiger partial charge in [-0.1, -0.05) is 13.3 Å². The third kappa shape index (κ3) is 8.67. The van der Waals surface area contributed by atoms with Crippen LogP contribution >= 0.6 is 11.8 Å². The lowest BCUT2D eigenvalue weighted by Gasteiger charge is -2.49. The first-order valence-electron chi connectivity index (χ1n) is 19.0. The van der Waals surface area contributed by atoms with Crippen LogP contribution < -0.4 is 33.7 Å². The van der Waals surface area contributed by atoms with Crippen molar-refractivity contribution in [3.63, 3.8) is 0 Å². The Hall–Kier alpha value is -3.84. The van der Waals surface area contributed by atoms with E-state index in [0.717, 1.165) is 74.7 Å². The fourth-order valence-electron chi connectivity index (χ4n) is 8.84. The molecule has 54 heavy (non-hydrogen) atoms. The average Bonchev–Trinajstić information content (AvgIpc) is 3.19. The summed E-state index contributed by atoms with van der Waals surface area (Å²) in [5.74, 6) is 5.75. The van der Waals surface area contributed by atoms with E-state index in [2.05, 4.69) is 46.3 Å². The first-order valence-corrected chi connectivity index (χ1v) is 20.1. The maximum Gasteiger partial charge on any atom is 0.234 e. The summed E-state index contributed by atoms with van der Waals surface area (Å²) >= 11 is 1.44. The topological polar surface area (TPSA) is 111 Å². The molecule has 11 nitrogen and oxygen atoms in total. The van der Waals surface area contributed by atoms with E-state index in [1.807, 2.05) is 0 Å². The molecule has 1 fully saturated rings. The van der Waals surface area contributed by atoms with Crippen LogP contribution in [0.1, 0.15) is 60.5 Å². The molecule has 5 unspecified atom stereocenters. The van der Waals surface area contributed by atoms with Gasteiger partial charge in [0.25, 0.3) is 0 Å². The number of anilines is 1. The number of methoxy groups -OCH3 is 6. The van der Waals surface area contributed by atoms with Crippen LogP contribution in [0.3, 0.4) is 0 Å². The fourth-order valence-corrected chi connectivity index (χ4v) is 9.59. The molecule has 0 bridgehead atoms. The summed E-state index contributed by atoms with van der Waals surface area (Å²) in [6.07, 6.45) is 4.40. The summed E-state index contributed by atoms with van der Waals surface area (Å²) in [5, 5.41) is 14.4. The second kappa shape index (κ2) is 18.2. The van der Waals surface area contributed by atoms with Gasteiger partial charge in [0, 0.05) is 55.8 Å². The van der Waals surface area contributed by atoms with Crippen molar-refractivity contribution in [2.75, 3.05) is 85.7 Å². The molecule has 5 atom stereocenters. The van der Waals surface area contributed by atoms with Gasteiger partial charge in [-0.25, -0.2) is 0 Å². The van der Waals surface area contributed by atoms with Gasteiger partial charge in [-0.2, -0.15) is 0 Å². The maximum atomic E-state index is 12.8. The van der Waals surface area contributed by atoms with Gasteiger partial charge in [-0.05, 0) is 96.2 Å². The Morgan fingerprint density at radius 1 is 0.796 bits per heavy atom. The zero-order chi connectivity index (χ0) is 38.4. The molecule has 0 radical (unpaired) electrons. The Kier molecular flexibility index (Phi) is 13.4. The standard InChI is InChI=1S/C42H57N3O8S/c1-8-26-22-44-13-11-27-17-37(49-3)40(52-6)20-32(27)34(44)15-29(26)16-35-33-21-41(53-7)38(50-4)18-28(33)12-14-45(35)23-31(46)24-54-25-42(47)43-30-9-10-36(48-2)39(19-30)51-5/h9-10,17-21,26,29,31,34-35,46H,8,11-16,22-25H2,1-7H3,(H,43,47). The second-order valence-corrected chi connectivity index (χ2v) is 15.6. The monoisotopic (exact) mass is 763 g/mol. The lowest BCUT2D eigenvalue weighted by molar-refractivity contribution is -0.113. The summed E-state index contributed by atoms with van der Waals surface area (Å²) in [6.45, 7) is 5.78. The van der Waals surface area contributed by atoms with Crippen LogP contribution in [0.5, 0.6) is 34.5 Å². The van der Waals surface area contributed by atoms with Crippen molar-refractivity contribution in [3.05, 3.63) is 64.7 Å². The highest BCUT2D eigenvalue weighted by Gasteiger charge is 2.41. The van der Waals surface area contributed by atoms with E-state index in [1.54, 1.807) is 60.9 Å². The van der Waals surface area contributed by atoms with Crippen molar-refractivity contribution >= 4 is 23.4 Å². The average molecular weight is 764 g/mol. The predicted molar refractivity (Wildman–Crippen MR) is 213 cm³/mol. The molecule has 3 aromatic rings. The normalized spacial score (nSPS) is 21.6. The zero-order valence-corrected chi connectivity index (χ0v) is 33.6. The van der Waals surface area contributed by atoms with Crippen molar-refractivity contribution < 1.29 is 38.3 Å². The number of benzene rings is 3. The minimum absolute atomic E-state index is 0.0978. The van der Waals surface area contributed by atoms with E-state index in [9.17, 15) is 9.90 Å².